The summed E-state index contributed by atoms with van der Waals surface area (Å²) in [5, 5.41) is 17.0. The van der Waals surface area contributed by atoms with E-state index in [1.54, 1.807) is 11.8 Å². The van der Waals surface area contributed by atoms with Crippen molar-refractivity contribution in [2.24, 2.45) is 17.4 Å². The number of carboxylic acid groups (broad SMARTS) is 1. The highest BCUT2D eigenvalue weighted by Crippen LogP contribution is 2.08. The Balaban J connectivity index is 5.06. The summed E-state index contributed by atoms with van der Waals surface area (Å²) >= 11 is 1.57. The summed E-state index contributed by atoms with van der Waals surface area (Å²) in [7, 11) is 0. The van der Waals surface area contributed by atoms with Gasteiger partial charge >= 0.3 is 5.97 Å². The molecule has 3 amide bonds. The van der Waals surface area contributed by atoms with Crippen molar-refractivity contribution in [3.05, 3.63) is 0 Å². The van der Waals surface area contributed by atoms with Crippen LogP contribution in [0.15, 0.2) is 0 Å². The lowest BCUT2D eigenvalue weighted by atomic mass is 10.0. The second-order valence-corrected chi connectivity index (χ2v) is 8.98. The minimum absolute atomic E-state index is 0.0669. The SMILES string of the molecule is CSCCC(N)C(=O)NC(C)C(=O)NC(CCCCN)C(=O)NC(CC(C)C)C(=O)O. The van der Waals surface area contributed by atoms with Crippen LogP contribution >= 0.6 is 11.8 Å². The van der Waals surface area contributed by atoms with E-state index in [-0.39, 0.29) is 12.3 Å². The van der Waals surface area contributed by atoms with Gasteiger partial charge in [0.1, 0.15) is 18.1 Å². The summed E-state index contributed by atoms with van der Waals surface area (Å²) in [5.74, 6) is -1.91. The van der Waals surface area contributed by atoms with Crippen molar-refractivity contribution in [1.82, 2.24) is 16.0 Å². The quantitative estimate of drug-likeness (QED) is 0.171. The van der Waals surface area contributed by atoms with Crippen LogP contribution in [0.25, 0.3) is 0 Å². The van der Waals surface area contributed by atoms with Crippen LogP contribution in [0.3, 0.4) is 0 Å². The van der Waals surface area contributed by atoms with Gasteiger partial charge in [-0.25, -0.2) is 4.79 Å². The number of nitrogens with one attached hydrogen (secondary N) is 3. The van der Waals surface area contributed by atoms with Gasteiger partial charge in [-0.3, -0.25) is 14.4 Å². The van der Waals surface area contributed by atoms with Gasteiger partial charge in [-0.2, -0.15) is 11.8 Å². The highest BCUT2D eigenvalue weighted by molar-refractivity contribution is 7.98. The van der Waals surface area contributed by atoms with Crippen molar-refractivity contribution in [2.45, 2.75) is 77.0 Å². The van der Waals surface area contributed by atoms with Gasteiger partial charge in [-0.1, -0.05) is 13.8 Å². The van der Waals surface area contributed by atoms with Crippen LogP contribution in [-0.4, -0.2) is 71.5 Å². The number of rotatable bonds is 16. The maximum Gasteiger partial charge on any atom is 0.326 e. The number of hydrogen-bond acceptors (Lipinski definition) is 7. The third-order valence-electron chi connectivity index (χ3n) is 4.62. The Labute approximate surface area is 189 Å². The molecule has 8 N–H and O–H groups in total. The summed E-state index contributed by atoms with van der Waals surface area (Å²) in [6.07, 6.45) is 4.20. The van der Waals surface area contributed by atoms with E-state index in [9.17, 15) is 24.3 Å². The Morgan fingerprint density at radius 3 is 2.03 bits per heavy atom. The average Bonchev–Trinajstić information content (AvgIpc) is 2.69. The molecule has 31 heavy (non-hydrogen) atoms. The summed E-state index contributed by atoms with van der Waals surface area (Å²) in [4.78, 5) is 48.9. The van der Waals surface area contributed by atoms with E-state index in [4.69, 9.17) is 11.5 Å². The van der Waals surface area contributed by atoms with E-state index in [0.717, 1.165) is 5.75 Å². The molecule has 4 atom stereocenters. The molecule has 0 radical (unpaired) electrons. The molecule has 0 aromatic rings. The molecule has 0 fully saturated rings. The van der Waals surface area contributed by atoms with Gasteiger partial charge in [0.05, 0.1) is 6.04 Å². The number of carbonyl (C=O) groups is 4. The van der Waals surface area contributed by atoms with Crippen LogP contribution in [0.1, 0.15) is 52.9 Å². The van der Waals surface area contributed by atoms with Crippen LogP contribution in [-0.2, 0) is 19.2 Å². The molecular formula is C20H39N5O5S. The normalized spacial score (nSPS) is 14.9. The summed E-state index contributed by atoms with van der Waals surface area (Å²) in [6, 6.07) is -3.60. The van der Waals surface area contributed by atoms with Crippen molar-refractivity contribution < 1.29 is 24.3 Å². The van der Waals surface area contributed by atoms with Crippen molar-refractivity contribution >= 4 is 35.5 Å². The lowest BCUT2D eigenvalue weighted by Gasteiger charge is -2.24. The largest absolute Gasteiger partial charge is 0.480 e. The van der Waals surface area contributed by atoms with Gasteiger partial charge in [0.15, 0.2) is 0 Å². The molecule has 0 bridgehead atoms. The zero-order chi connectivity index (χ0) is 24.0. The fraction of sp³-hybridized carbons (Fsp3) is 0.800. The first-order valence-electron chi connectivity index (χ1n) is 10.6. The summed E-state index contributed by atoms with van der Waals surface area (Å²) in [6.45, 7) is 5.66. The van der Waals surface area contributed by atoms with Gasteiger partial charge in [-0.15, -0.1) is 0 Å². The second-order valence-electron chi connectivity index (χ2n) is 7.99. The minimum atomic E-state index is -1.13. The van der Waals surface area contributed by atoms with Crippen molar-refractivity contribution in [2.75, 3.05) is 18.6 Å². The smallest absolute Gasteiger partial charge is 0.326 e. The van der Waals surface area contributed by atoms with E-state index in [1.165, 1.54) is 6.92 Å². The molecule has 0 aromatic heterocycles. The number of nitrogens with two attached hydrogens (primary N) is 2. The number of carbonyl (C=O) groups excluding carboxylic acids is 3. The minimum Gasteiger partial charge on any atom is -0.480 e. The zero-order valence-electron chi connectivity index (χ0n) is 19.0. The fourth-order valence-electron chi connectivity index (χ4n) is 2.79. The van der Waals surface area contributed by atoms with Crippen LogP contribution in [0.2, 0.25) is 0 Å². The number of amides is 3. The maximum atomic E-state index is 12.7. The molecule has 4 unspecified atom stereocenters. The van der Waals surface area contributed by atoms with Gasteiger partial charge in [-0.05, 0) is 63.5 Å². The lowest BCUT2D eigenvalue weighted by Crippen LogP contribution is -2.56. The molecule has 0 aliphatic carbocycles. The first-order chi connectivity index (χ1) is 14.5. The Bertz CT molecular complexity index is 590. The molecule has 0 saturated heterocycles. The van der Waals surface area contributed by atoms with Crippen molar-refractivity contribution in [3.63, 3.8) is 0 Å². The first kappa shape index (κ1) is 29.1. The topological polar surface area (TPSA) is 177 Å². The van der Waals surface area contributed by atoms with E-state index >= 15 is 0 Å². The highest BCUT2D eigenvalue weighted by Gasteiger charge is 2.28. The third kappa shape index (κ3) is 12.6. The van der Waals surface area contributed by atoms with Crippen LogP contribution in [0, 0.1) is 5.92 Å². The number of carboxylic acids is 1. The fourth-order valence-corrected chi connectivity index (χ4v) is 3.28. The number of aliphatic carboxylic acids is 1. The van der Waals surface area contributed by atoms with E-state index in [1.807, 2.05) is 20.1 Å². The van der Waals surface area contributed by atoms with Crippen molar-refractivity contribution in [1.29, 1.82) is 0 Å². The molecule has 11 heteroatoms. The van der Waals surface area contributed by atoms with Crippen LogP contribution in [0.5, 0.6) is 0 Å². The van der Waals surface area contributed by atoms with Gasteiger partial charge in [0.25, 0.3) is 0 Å². The number of unbranched alkanes of at least 4 members (excludes halogenated alkanes) is 1. The zero-order valence-corrected chi connectivity index (χ0v) is 19.8. The molecule has 0 aromatic carbocycles. The predicted molar refractivity (Wildman–Crippen MR) is 122 cm³/mol. The molecule has 10 nitrogen and oxygen atoms in total. The Kier molecular flexibility index (Phi) is 14.9. The number of hydrogen-bond donors (Lipinski definition) is 6. The van der Waals surface area contributed by atoms with Gasteiger partial charge < -0.3 is 32.5 Å². The average molecular weight is 462 g/mol. The Morgan fingerprint density at radius 2 is 1.52 bits per heavy atom. The van der Waals surface area contributed by atoms with E-state index < -0.39 is 47.9 Å². The van der Waals surface area contributed by atoms with Gasteiger partial charge in [0.2, 0.25) is 17.7 Å². The molecule has 0 heterocycles. The Morgan fingerprint density at radius 1 is 0.903 bits per heavy atom. The van der Waals surface area contributed by atoms with E-state index in [0.29, 0.717) is 32.2 Å². The lowest BCUT2D eigenvalue weighted by molar-refractivity contribution is -0.142. The second kappa shape index (κ2) is 15.9. The summed E-state index contributed by atoms with van der Waals surface area (Å²) < 4.78 is 0. The maximum absolute atomic E-state index is 12.7. The molecule has 0 saturated carbocycles. The number of thioether (sulfide) groups is 1. The monoisotopic (exact) mass is 461 g/mol. The standard InChI is InChI=1S/C20H39N5O5S/c1-12(2)11-16(20(29)30)25-19(28)15(7-5-6-9-21)24-17(26)13(3)23-18(27)14(22)8-10-31-4/h12-16H,5-11,21-22H2,1-4H3,(H,23,27)(H,24,26)(H,25,28)(H,29,30). The van der Waals surface area contributed by atoms with E-state index in [2.05, 4.69) is 16.0 Å². The molecular weight excluding hydrogens is 422 g/mol. The molecule has 0 spiro atoms. The summed E-state index contributed by atoms with van der Waals surface area (Å²) in [5.41, 5.74) is 11.3. The Hall–Kier alpha value is -1.85. The molecule has 0 rings (SSSR count). The molecule has 0 aliphatic heterocycles. The molecule has 0 aliphatic rings. The van der Waals surface area contributed by atoms with Gasteiger partial charge in [0, 0.05) is 0 Å². The van der Waals surface area contributed by atoms with Crippen molar-refractivity contribution in [3.8, 4) is 0 Å². The molecule has 180 valence electrons. The predicted octanol–water partition coefficient (Wildman–Crippen LogP) is -0.199. The first-order valence-corrected chi connectivity index (χ1v) is 12.0. The van der Waals surface area contributed by atoms with Crippen LogP contribution < -0.4 is 27.4 Å². The van der Waals surface area contributed by atoms with Crippen LogP contribution in [0.4, 0.5) is 0 Å². The third-order valence-corrected chi connectivity index (χ3v) is 5.27. The highest BCUT2D eigenvalue weighted by atomic mass is 32.2.